The molecular formula is C18H22N4O4S. The molecule has 1 fully saturated rings. The topological polar surface area (TPSA) is 87.0 Å². The number of sulfonamides is 1. The molecule has 0 bridgehead atoms. The van der Waals surface area contributed by atoms with Crippen molar-refractivity contribution in [3.8, 4) is 0 Å². The summed E-state index contributed by atoms with van der Waals surface area (Å²) >= 11 is 0. The lowest BCUT2D eigenvalue weighted by Crippen LogP contribution is -2.48. The van der Waals surface area contributed by atoms with E-state index >= 15 is 0 Å². The molecule has 0 aliphatic carbocycles. The van der Waals surface area contributed by atoms with Crippen molar-refractivity contribution in [3.63, 3.8) is 0 Å². The summed E-state index contributed by atoms with van der Waals surface area (Å²) in [4.78, 5) is 15.8. The number of nitrogens with zero attached hydrogens (tertiary/aromatic N) is 4. The Hall–Kier alpha value is -2.23. The van der Waals surface area contributed by atoms with E-state index in [0.717, 1.165) is 22.7 Å². The summed E-state index contributed by atoms with van der Waals surface area (Å²) in [6.07, 6.45) is 0.250. The van der Waals surface area contributed by atoms with Crippen molar-refractivity contribution in [1.29, 1.82) is 0 Å². The van der Waals surface area contributed by atoms with Gasteiger partial charge in [0.1, 0.15) is 5.76 Å². The molecule has 27 heavy (non-hydrogen) atoms. The molecule has 0 saturated carbocycles. The standard InChI is InChI=1S/C18H22N4O4S/c1-13-9-15(19-26-13)12-21-5-7-22(8-6-21)27(24,25)16-3-4-17-14(10-16)11-18(23)20(17)2/h3-4,9-10H,5-8,11-12H2,1-2H3. The number of rotatable bonds is 4. The number of aryl methyl sites for hydroxylation is 1. The molecular weight excluding hydrogens is 368 g/mol. The zero-order valence-corrected chi connectivity index (χ0v) is 16.2. The van der Waals surface area contributed by atoms with Gasteiger partial charge in [-0.25, -0.2) is 8.42 Å². The Bertz CT molecular complexity index is 977. The van der Waals surface area contributed by atoms with E-state index < -0.39 is 10.0 Å². The summed E-state index contributed by atoms with van der Waals surface area (Å²) in [6, 6.07) is 6.84. The van der Waals surface area contributed by atoms with Crippen molar-refractivity contribution in [2.24, 2.45) is 0 Å². The maximum atomic E-state index is 13.0. The summed E-state index contributed by atoms with van der Waals surface area (Å²) in [5.74, 6) is 0.753. The Morgan fingerprint density at radius 2 is 1.89 bits per heavy atom. The van der Waals surface area contributed by atoms with Crippen LogP contribution in [-0.4, -0.2) is 61.9 Å². The van der Waals surface area contributed by atoms with Gasteiger partial charge in [0.2, 0.25) is 15.9 Å². The van der Waals surface area contributed by atoms with Crippen molar-refractivity contribution in [2.45, 2.75) is 24.8 Å². The highest BCUT2D eigenvalue weighted by atomic mass is 32.2. The summed E-state index contributed by atoms with van der Waals surface area (Å²) in [5.41, 5.74) is 2.41. The summed E-state index contributed by atoms with van der Waals surface area (Å²) in [6.45, 7) is 4.63. The van der Waals surface area contributed by atoms with Gasteiger partial charge in [0.05, 0.1) is 17.0 Å². The number of aromatic nitrogens is 1. The Labute approximate surface area is 158 Å². The molecule has 0 radical (unpaired) electrons. The monoisotopic (exact) mass is 390 g/mol. The molecule has 9 heteroatoms. The largest absolute Gasteiger partial charge is 0.361 e. The zero-order valence-electron chi connectivity index (χ0n) is 15.4. The SMILES string of the molecule is Cc1cc(CN2CCN(S(=O)(=O)c3ccc4c(c3)CC(=O)N4C)CC2)no1. The third kappa shape index (κ3) is 3.38. The second-order valence-electron chi connectivity index (χ2n) is 7.03. The van der Waals surface area contributed by atoms with E-state index in [2.05, 4.69) is 10.1 Å². The van der Waals surface area contributed by atoms with Gasteiger partial charge in [-0.1, -0.05) is 5.16 Å². The van der Waals surface area contributed by atoms with Gasteiger partial charge in [-0.15, -0.1) is 0 Å². The van der Waals surface area contributed by atoms with Crippen LogP contribution < -0.4 is 4.90 Å². The molecule has 1 saturated heterocycles. The molecule has 144 valence electrons. The first kappa shape index (κ1) is 18.1. The Kier molecular flexibility index (Phi) is 4.53. The number of carbonyl (C=O) groups excluding carboxylic acids is 1. The molecule has 1 amide bonds. The molecule has 2 aliphatic heterocycles. The number of fused-ring (bicyclic) bond motifs is 1. The lowest BCUT2D eigenvalue weighted by atomic mass is 10.2. The lowest BCUT2D eigenvalue weighted by Gasteiger charge is -2.33. The highest BCUT2D eigenvalue weighted by molar-refractivity contribution is 7.89. The normalized spacial score (nSPS) is 18.9. The molecule has 1 aromatic carbocycles. The Morgan fingerprint density at radius 1 is 1.15 bits per heavy atom. The fourth-order valence-electron chi connectivity index (χ4n) is 3.61. The number of amides is 1. The van der Waals surface area contributed by atoms with Crippen LogP contribution in [0, 0.1) is 6.92 Å². The maximum Gasteiger partial charge on any atom is 0.243 e. The van der Waals surface area contributed by atoms with Crippen LogP contribution in [0.1, 0.15) is 17.0 Å². The third-order valence-corrected chi connectivity index (χ3v) is 7.05. The highest BCUT2D eigenvalue weighted by Gasteiger charge is 2.31. The van der Waals surface area contributed by atoms with Gasteiger partial charge < -0.3 is 9.42 Å². The minimum absolute atomic E-state index is 0.0174. The predicted molar refractivity (Wildman–Crippen MR) is 98.8 cm³/mol. The predicted octanol–water partition coefficient (Wildman–Crippen LogP) is 1.01. The van der Waals surface area contributed by atoms with E-state index in [1.807, 2.05) is 13.0 Å². The van der Waals surface area contributed by atoms with E-state index in [4.69, 9.17) is 4.52 Å². The molecule has 0 unspecified atom stereocenters. The van der Waals surface area contributed by atoms with Gasteiger partial charge in [0, 0.05) is 51.5 Å². The van der Waals surface area contributed by atoms with E-state index in [9.17, 15) is 13.2 Å². The lowest BCUT2D eigenvalue weighted by molar-refractivity contribution is -0.117. The summed E-state index contributed by atoms with van der Waals surface area (Å²) in [7, 11) is -1.86. The molecule has 3 heterocycles. The van der Waals surface area contributed by atoms with Crippen LogP contribution in [0.4, 0.5) is 5.69 Å². The van der Waals surface area contributed by atoms with Crippen molar-refractivity contribution in [2.75, 3.05) is 38.1 Å². The zero-order chi connectivity index (χ0) is 19.2. The average Bonchev–Trinajstić information content (AvgIpc) is 3.18. The minimum atomic E-state index is -3.57. The number of benzene rings is 1. The van der Waals surface area contributed by atoms with Gasteiger partial charge in [-0.2, -0.15) is 4.31 Å². The number of likely N-dealkylation sites (N-methyl/N-ethyl adjacent to an activating group) is 1. The first-order valence-electron chi connectivity index (χ1n) is 8.89. The first-order valence-corrected chi connectivity index (χ1v) is 10.3. The van der Waals surface area contributed by atoms with Crippen molar-refractivity contribution >= 4 is 21.6 Å². The summed E-state index contributed by atoms with van der Waals surface area (Å²) < 4.78 is 32.6. The van der Waals surface area contributed by atoms with Crippen molar-refractivity contribution < 1.29 is 17.7 Å². The van der Waals surface area contributed by atoms with Crippen LogP contribution in [0.5, 0.6) is 0 Å². The van der Waals surface area contributed by atoms with Crippen LogP contribution in [0.2, 0.25) is 0 Å². The smallest absolute Gasteiger partial charge is 0.243 e. The number of piperazine rings is 1. The molecule has 4 rings (SSSR count). The number of anilines is 1. The number of hydrogen-bond donors (Lipinski definition) is 0. The van der Waals surface area contributed by atoms with E-state index in [-0.39, 0.29) is 17.2 Å². The first-order chi connectivity index (χ1) is 12.8. The van der Waals surface area contributed by atoms with Crippen LogP contribution in [0.25, 0.3) is 0 Å². The van der Waals surface area contributed by atoms with Gasteiger partial charge in [0.15, 0.2) is 0 Å². The number of hydrogen-bond acceptors (Lipinski definition) is 6. The van der Waals surface area contributed by atoms with Crippen molar-refractivity contribution in [3.05, 3.63) is 41.3 Å². The Balaban J connectivity index is 1.45. The average molecular weight is 390 g/mol. The second-order valence-corrected chi connectivity index (χ2v) is 8.97. The third-order valence-electron chi connectivity index (χ3n) is 5.16. The van der Waals surface area contributed by atoms with Gasteiger partial charge in [-0.3, -0.25) is 9.69 Å². The van der Waals surface area contributed by atoms with Crippen LogP contribution in [0.3, 0.4) is 0 Å². The van der Waals surface area contributed by atoms with E-state index in [1.165, 1.54) is 4.31 Å². The Morgan fingerprint density at radius 3 is 2.56 bits per heavy atom. The van der Waals surface area contributed by atoms with Gasteiger partial charge in [0.25, 0.3) is 0 Å². The fourth-order valence-corrected chi connectivity index (χ4v) is 5.08. The van der Waals surface area contributed by atoms with Crippen molar-refractivity contribution in [1.82, 2.24) is 14.4 Å². The molecule has 2 aromatic rings. The fraction of sp³-hybridized carbons (Fsp3) is 0.444. The maximum absolute atomic E-state index is 13.0. The number of carbonyl (C=O) groups is 1. The molecule has 8 nitrogen and oxygen atoms in total. The minimum Gasteiger partial charge on any atom is -0.361 e. The molecule has 0 atom stereocenters. The van der Waals surface area contributed by atoms with Crippen LogP contribution in [0.15, 0.2) is 33.7 Å². The highest BCUT2D eigenvalue weighted by Crippen LogP contribution is 2.31. The van der Waals surface area contributed by atoms with E-state index in [1.54, 1.807) is 30.1 Å². The molecule has 1 aromatic heterocycles. The second kappa shape index (κ2) is 6.74. The van der Waals surface area contributed by atoms with Gasteiger partial charge >= 0.3 is 0 Å². The summed E-state index contributed by atoms with van der Waals surface area (Å²) in [5, 5.41) is 3.99. The quantitative estimate of drug-likeness (QED) is 0.774. The van der Waals surface area contributed by atoms with Crippen LogP contribution >= 0.6 is 0 Å². The van der Waals surface area contributed by atoms with E-state index in [0.29, 0.717) is 32.7 Å². The van der Waals surface area contributed by atoms with Crippen LogP contribution in [-0.2, 0) is 27.8 Å². The molecule has 0 N–H and O–H groups in total. The molecule has 0 spiro atoms. The molecule has 2 aliphatic rings. The van der Waals surface area contributed by atoms with Gasteiger partial charge in [-0.05, 0) is 30.7 Å².